The van der Waals surface area contributed by atoms with Crippen LogP contribution < -0.4 is 9.47 Å². The highest BCUT2D eigenvalue weighted by molar-refractivity contribution is 6.42. The minimum Gasteiger partial charge on any atom is -0.490 e. The molecule has 0 radical (unpaired) electrons. The van der Waals surface area contributed by atoms with Gasteiger partial charge in [0, 0.05) is 0 Å². The molecule has 0 saturated carbocycles. The lowest BCUT2D eigenvalue weighted by Crippen LogP contribution is -1.96. The van der Waals surface area contributed by atoms with E-state index in [0.29, 0.717) is 18.1 Å². The van der Waals surface area contributed by atoms with Gasteiger partial charge in [0.2, 0.25) is 5.88 Å². The molecule has 0 aliphatic carbocycles. The van der Waals surface area contributed by atoms with Gasteiger partial charge in [-0.05, 0) is 25.1 Å². The summed E-state index contributed by atoms with van der Waals surface area (Å²) in [6.45, 7) is 2.42. The van der Waals surface area contributed by atoms with E-state index in [4.69, 9.17) is 44.3 Å². The highest BCUT2D eigenvalue weighted by atomic mass is 35.5. The van der Waals surface area contributed by atoms with Crippen LogP contribution in [0.25, 0.3) is 0 Å². The van der Waals surface area contributed by atoms with E-state index in [9.17, 15) is 0 Å². The Morgan fingerprint density at radius 1 is 1.05 bits per heavy atom. The van der Waals surface area contributed by atoms with Gasteiger partial charge in [-0.2, -0.15) is 4.98 Å². The van der Waals surface area contributed by atoms with Gasteiger partial charge in [0.25, 0.3) is 0 Å². The van der Waals surface area contributed by atoms with E-state index >= 15 is 0 Å². The molecule has 0 aliphatic rings. The first-order valence-electron chi connectivity index (χ1n) is 5.53. The SMILES string of the molecule is CCOc1ccccc1Oc1nc(Cl)c(Cl)cc1Cl. The Bertz CT molecular complexity index is 590. The number of pyridine rings is 1. The molecule has 0 fully saturated rings. The molecule has 1 heterocycles. The maximum absolute atomic E-state index is 6.01. The molecule has 0 amide bonds. The van der Waals surface area contributed by atoms with Crippen molar-refractivity contribution in [3.63, 3.8) is 0 Å². The topological polar surface area (TPSA) is 31.4 Å². The van der Waals surface area contributed by atoms with E-state index in [2.05, 4.69) is 4.98 Å². The van der Waals surface area contributed by atoms with Crippen LogP contribution in [0.3, 0.4) is 0 Å². The van der Waals surface area contributed by atoms with Gasteiger partial charge in [-0.25, -0.2) is 0 Å². The van der Waals surface area contributed by atoms with E-state index in [-0.39, 0.29) is 21.1 Å². The third-order valence-corrected chi connectivity index (χ3v) is 3.15. The Morgan fingerprint density at radius 2 is 1.74 bits per heavy atom. The first-order chi connectivity index (χ1) is 9.11. The summed E-state index contributed by atoms with van der Waals surface area (Å²) in [5, 5.41) is 0.688. The lowest BCUT2D eigenvalue weighted by atomic mass is 10.3. The minimum absolute atomic E-state index is 0.134. The van der Waals surface area contributed by atoms with Crippen molar-refractivity contribution in [2.45, 2.75) is 6.92 Å². The first kappa shape index (κ1) is 14.3. The van der Waals surface area contributed by atoms with Gasteiger partial charge in [-0.3, -0.25) is 0 Å². The van der Waals surface area contributed by atoms with E-state index in [1.54, 1.807) is 12.1 Å². The summed E-state index contributed by atoms with van der Waals surface area (Å²) in [5.74, 6) is 1.30. The van der Waals surface area contributed by atoms with Crippen molar-refractivity contribution in [1.82, 2.24) is 4.98 Å². The molecule has 0 saturated heterocycles. The van der Waals surface area contributed by atoms with Gasteiger partial charge in [-0.15, -0.1) is 0 Å². The van der Waals surface area contributed by atoms with Crippen LogP contribution in [0.4, 0.5) is 0 Å². The van der Waals surface area contributed by atoms with Crippen LogP contribution in [0.5, 0.6) is 17.4 Å². The zero-order valence-electron chi connectivity index (χ0n) is 9.99. The molecular formula is C13H10Cl3NO2. The second-order valence-electron chi connectivity index (χ2n) is 3.53. The summed E-state index contributed by atoms with van der Waals surface area (Å²) in [5.41, 5.74) is 0. The number of rotatable bonds is 4. The molecule has 2 rings (SSSR count). The predicted octanol–water partition coefficient (Wildman–Crippen LogP) is 5.23. The lowest BCUT2D eigenvalue weighted by molar-refractivity contribution is 0.319. The van der Waals surface area contributed by atoms with E-state index in [0.717, 1.165) is 0 Å². The number of aromatic nitrogens is 1. The largest absolute Gasteiger partial charge is 0.490 e. The molecule has 6 heteroatoms. The van der Waals surface area contributed by atoms with Gasteiger partial charge < -0.3 is 9.47 Å². The van der Waals surface area contributed by atoms with Gasteiger partial charge in [-0.1, -0.05) is 46.9 Å². The number of nitrogens with zero attached hydrogens (tertiary/aromatic N) is 1. The fourth-order valence-corrected chi connectivity index (χ4v) is 1.94. The van der Waals surface area contributed by atoms with Crippen molar-refractivity contribution in [2.24, 2.45) is 0 Å². The van der Waals surface area contributed by atoms with Crippen LogP contribution in [0.1, 0.15) is 6.92 Å². The Morgan fingerprint density at radius 3 is 2.42 bits per heavy atom. The zero-order valence-corrected chi connectivity index (χ0v) is 12.3. The maximum atomic E-state index is 6.01. The Hall–Kier alpha value is -1.16. The number of halogens is 3. The van der Waals surface area contributed by atoms with Gasteiger partial charge in [0.15, 0.2) is 16.7 Å². The predicted molar refractivity (Wildman–Crippen MR) is 77.0 cm³/mol. The molecule has 0 unspecified atom stereocenters. The molecule has 0 bridgehead atoms. The van der Waals surface area contributed by atoms with Crippen molar-refractivity contribution in [1.29, 1.82) is 0 Å². The second kappa shape index (κ2) is 6.33. The van der Waals surface area contributed by atoms with E-state index < -0.39 is 0 Å². The van der Waals surface area contributed by atoms with E-state index in [1.807, 2.05) is 19.1 Å². The zero-order chi connectivity index (χ0) is 13.8. The minimum atomic E-state index is 0.134. The fraction of sp³-hybridized carbons (Fsp3) is 0.154. The van der Waals surface area contributed by atoms with Crippen molar-refractivity contribution >= 4 is 34.8 Å². The molecule has 0 atom stereocenters. The quantitative estimate of drug-likeness (QED) is 0.723. The monoisotopic (exact) mass is 317 g/mol. The number of hydrogen-bond acceptors (Lipinski definition) is 3. The normalized spacial score (nSPS) is 10.3. The average molecular weight is 319 g/mol. The highest BCUT2D eigenvalue weighted by Gasteiger charge is 2.12. The van der Waals surface area contributed by atoms with E-state index in [1.165, 1.54) is 6.07 Å². The van der Waals surface area contributed by atoms with Crippen molar-refractivity contribution < 1.29 is 9.47 Å². The molecular weight excluding hydrogens is 309 g/mol. The molecule has 19 heavy (non-hydrogen) atoms. The summed E-state index contributed by atoms with van der Waals surface area (Å²) >= 11 is 17.7. The summed E-state index contributed by atoms with van der Waals surface area (Å²) < 4.78 is 11.1. The van der Waals surface area contributed by atoms with Crippen LogP contribution in [0.15, 0.2) is 30.3 Å². The van der Waals surface area contributed by atoms with Crippen LogP contribution >= 0.6 is 34.8 Å². The molecule has 3 nitrogen and oxygen atoms in total. The van der Waals surface area contributed by atoms with Gasteiger partial charge >= 0.3 is 0 Å². The summed E-state index contributed by atoms with van der Waals surface area (Å²) in [4.78, 5) is 3.99. The van der Waals surface area contributed by atoms with Gasteiger partial charge in [0.1, 0.15) is 5.02 Å². The molecule has 1 aromatic carbocycles. The van der Waals surface area contributed by atoms with Crippen LogP contribution in [0, 0.1) is 0 Å². The molecule has 0 spiro atoms. The maximum Gasteiger partial charge on any atom is 0.239 e. The summed E-state index contributed by atoms with van der Waals surface area (Å²) in [6, 6.07) is 8.71. The fourth-order valence-electron chi connectivity index (χ4n) is 1.41. The number of benzene rings is 1. The highest BCUT2D eigenvalue weighted by Crippen LogP contribution is 2.36. The summed E-state index contributed by atoms with van der Waals surface area (Å²) in [7, 11) is 0. The van der Waals surface area contributed by atoms with Crippen molar-refractivity contribution in [3.8, 4) is 17.4 Å². The van der Waals surface area contributed by atoms with Crippen LogP contribution in [-0.4, -0.2) is 11.6 Å². The number of para-hydroxylation sites is 2. The summed E-state index contributed by atoms with van der Waals surface area (Å²) in [6.07, 6.45) is 0. The Balaban J connectivity index is 2.33. The number of ether oxygens (including phenoxy) is 2. The van der Waals surface area contributed by atoms with Crippen molar-refractivity contribution in [3.05, 3.63) is 45.5 Å². The standard InChI is InChI=1S/C13H10Cl3NO2/c1-2-18-10-5-3-4-6-11(10)19-13-9(15)7-8(14)12(16)17-13/h3-7H,2H2,1H3. The van der Waals surface area contributed by atoms with Crippen LogP contribution in [0.2, 0.25) is 15.2 Å². The van der Waals surface area contributed by atoms with Crippen LogP contribution in [-0.2, 0) is 0 Å². The van der Waals surface area contributed by atoms with Gasteiger partial charge in [0.05, 0.1) is 11.6 Å². The van der Waals surface area contributed by atoms with Crippen molar-refractivity contribution in [2.75, 3.05) is 6.61 Å². The molecule has 0 aliphatic heterocycles. The Kier molecular flexibility index (Phi) is 4.75. The molecule has 1 aromatic heterocycles. The molecule has 100 valence electrons. The third kappa shape index (κ3) is 3.44. The second-order valence-corrected chi connectivity index (χ2v) is 4.70. The average Bonchev–Trinajstić information content (AvgIpc) is 2.38. The molecule has 0 N–H and O–H groups in total. The molecule has 2 aromatic rings. The number of hydrogen-bond donors (Lipinski definition) is 0. The smallest absolute Gasteiger partial charge is 0.239 e. The lowest BCUT2D eigenvalue weighted by Gasteiger charge is -2.11. The first-order valence-corrected chi connectivity index (χ1v) is 6.66. The Labute approximate surface area is 126 Å². The third-order valence-electron chi connectivity index (χ3n) is 2.21.